The van der Waals surface area contributed by atoms with E-state index in [9.17, 15) is 5.26 Å². The number of anilines is 1. The van der Waals surface area contributed by atoms with E-state index < -0.39 is 0 Å². The number of methoxy groups -OCH3 is 1. The number of fused-ring (bicyclic) bond motifs is 1. The fourth-order valence-electron chi connectivity index (χ4n) is 3.71. The number of nitrogens with zero attached hydrogens (tertiary/aromatic N) is 4. The van der Waals surface area contributed by atoms with Gasteiger partial charge in [0, 0.05) is 50.7 Å². The van der Waals surface area contributed by atoms with Gasteiger partial charge in [0.25, 0.3) is 0 Å². The number of piperazine rings is 1. The van der Waals surface area contributed by atoms with Crippen LogP contribution in [0.5, 0.6) is 5.75 Å². The molecule has 0 bridgehead atoms. The van der Waals surface area contributed by atoms with Crippen LogP contribution in [-0.4, -0.2) is 42.6 Å². The van der Waals surface area contributed by atoms with Gasteiger partial charge in [-0.05, 0) is 24.3 Å². The molecule has 0 radical (unpaired) electrons. The van der Waals surface area contributed by atoms with Crippen LogP contribution in [0.15, 0.2) is 54.9 Å². The van der Waals surface area contributed by atoms with Gasteiger partial charge in [0.05, 0.1) is 23.9 Å². The highest BCUT2D eigenvalue weighted by Crippen LogP contribution is 2.29. The minimum Gasteiger partial charge on any atom is -0.495 e. The van der Waals surface area contributed by atoms with Crippen LogP contribution in [0, 0.1) is 11.3 Å². The third-order valence-corrected chi connectivity index (χ3v) is 5.07. The quantitative estimate of drug-likeness (QED) is 0.728. The summed E-state index contributed by atoms with van der Waals surface area (Å²) in [5.74, 6) is 0.923. The summed E-state index contributed by atoms with van der Waals surface area (Å²) in [6.45, 7) is 4.65. The van der Waals surface area contributed by atoms with Gasteiger partial charge >= 0.3 is 0 Å². The van der Waals surface area contributed by atoms with Gasteiger partial charge in [0.15, 0.2) is 0 Å². The molecule has 26 heavy (non-hydrogen) atoms. The van der Waals surface area contributed by atoms with E-state index in [0.717, 1.165) is 60.8 Å². The van der Waals surface area contributed by atoms with E-state index in [2.05, 4.69) is 34.2 Å². The lowest BCUT2D eigenvalue weighted by Crippen LogP contribution is -2.46. The van der Waals surface area contributed by atoms with Crippen molar-refractivity contribution in [1.82, 2.24) is 9.30 Å². The minimum atomic E-state index is 0.790. The van der Waals surface area contributed by atoms with E-state index in [1.807, 2.05) is 40.9 Å². The summed E-state index contributed by atoms with van der Waals surface area (Å²) in [5.41, 5.74) is 4.03. The first-order valence-electron chi connectivity index (χ1n) is 8.89. The topological polar surface area (TPSA) is 43.9 Å². The number of nitriles is 1. The number of benzene rings is 1. The van der Waals surface area contributed by atoms with Crippen molar-refractivity contribution in [1.29, 1.82) is 5.26 Å². The van der Waals surface area contributed by atoms with Crippen LogP contribution in [0.25, 0.3) is 5.52 Å². The Bertz CT molecular complexity index is 948. The average molecular weight is 346 g/mol. The Morgan fingerprint density at radius 3 is 2.58 bits per heavy atom. The summed E-state index contributed by atoms with van der Waals surface area (Å²) in [5, 5.41) is 9.58. The molecule has 1 fully saturated rings. The molecule has 0 aliphatic carbocycles. The lowest BCUT2D eigenvalue weighted by atomic mass is 10.1. The normalized spacial score (nSPS) is 15.2. The Kier molecular flexibility index (Phi) is 4.51. The molecule has 4 rings (SSSR count). The van der Waals surface area contributed by atoms with Crippen molar-refractivity contribution < 1.29 is 4.74 Å². The molecule has 1 aromatic carbocycles. The molecule has 1 aliphatic heterocycles. The van der Waals surface area contributed by atoms with Gasteiger partial charge in [-0.15, -0.1) is 0 Å². The van der Waals surface area contributed by atoms with E-state index in [-0.39, 0.29) is 0 Å². The number of para-hydroxylation sites is 2. The Hall–Kier alpha value is -2.97. The number of aromatic nitrogens is 1. The summed E-state index contributed by atoms with van der Waals surface area (Å²) >= 11 is 0. The average Bonchev–Trinajstić information content (AvgIpc) is 3.05. The SMILES string of the molecule is COc1ccccc1N1CCN(Cc2cn3ccccc3c2C#N)CC1. The molecule has 0 N–H and O–H groups in total. The molecule has 0 atom stereocenters. The second kappa shape index (κ2) is 7.11. The summed E-state index contributed by atoms with van der Waals surface area (Å²) in [7, 11) is 1.72. The molecule has 5 nitrogen and oxygen atoms in total. The Morgan fingerprint density at radius 1 is 1.04 bits per heavy atom. The molecule has 0 unspecified atom stereocenters. The number of pyridine rings is 1. The van der Waals surface area contributed by atoms with Gasteiger partial charge in [-0.1, -0.05) is 18.2 Å². The maximum absolute atomic E-state index is 9.58. The summed E-state index contributed by atoms with van der Waals surface area (Å²) < 4.78 is 7.53. The fourth-order valence-corrected chi connectivity index (χ4v) is 3.71. The predicted molar refractivity (Wildman–Crippen MR) is 103 cm³/mol. The van der Waals surface area contributed by atoms with Crippen LogP contribution in [0.1, 0.15) is 11.1 Å². The second-order valence-corrected chi connectivity index (χ2v) is 6.57. The van der Waals surface area contributed by atoms with Crippen molar-refractivity contribution in [2.24, 2.45) is 0 Å². The molecule has 0 saturated carbocycles. The van der Waals surface area contributed by atoms with Gasteiger partial charge in [-0.2, -0.15) is 5.26 Å². The first-order valence-corrected chi connectivity index (χ1v) is 8.89. The van der Waals surface area contributed by atoms with E-state index in [4.69, 9.17) is 4.74 Å². The summed E-state index contributed by atoms with van der Waals surface area (Å²) in [4.78, 5) is 4.79. The van der Waals surface area contributed by atoms with Gasteiger partial charge in [-0.25, -0.2) is 0 Å². The Labute approximate surface area is 153 Å². The number of hydrogen-bond acceptors (Lipinski definition) is 4. The molecule has 0 spiro atoms. The highest BCUT2D eigenvalue weighted by atomic mass is 16.5. The van der Waals surface area contributed by atoms with E-state index in [1.54, 1.807) is 7.11 Å². The maximum Gasteiger partial charge on any atom is 0.142 e. The van der Waals surface area contributed by atoms with Crippen LogP contribution >= 0.6 is 0 Å². The minimum absolute atomic E-state index is 0.790. The molecule has 1 saturated heterocycles. The standard InChI is InChI=1S/C21H22N4O/c1-26-21-8-3-2-7-20(21)24-12-10-23(11-13-24)15-17-16-25-9-5-4-6-19(25)18(17)14-22/h2-9,16H,10-13,15H2,1H3. The van der Waals surface area contributed by atoms with Gasteiger partial charge < -0.3 is 14.0 Å². The zero-order valence-corrected chi connectivity index (χ0v) is 14.9. The second-order valence-electron chi connectivity index (χ2n) is 6.57. The molecular weight excluding hydrogens is 324 g/mol. The van der Waals surface area contributed by atoms with Crippen LogP contribution in [0.2, 0.25) is 0 Å². The zero-order valence-electron chi connectivity index (χ0n) is 14.9. The zero-order chi connectivity index (χ0) is 17.9. The highest BCUT2D eigenvalue weighted by Gasteiger charge is 2.21. The van der Waals surface area contributed by atoms with Crippen molar-refractivity contribution in [3.8, 4) is 11.8 Å². The smallest absolute Gasteiger partial charge is 0.142 e. The molecule has 3 heterocycles. The highest BCUT2D eigenvalue weighted by molar-refractivity contribution is 5.65. The lowest BCUT2D eigenvalue weighted by molar-refractivity contribution is 0.249. The van der Waals surface area contributed by atoms with Crippen LogP contribution in [-0.2, 0) is 6.54 Å². The first kappa shape index (κ1) is 16.5. The molecular formula is C21H22N4O. The molecule has 3 aromatic rings. The van der Waals surface area contributed by atoms with Crippen molar-refractivity contribution in [2.45, 2.75) is 6.54 Å². The number of rotatable bonds is 4. The first-order chi connectivity index (χ1) is 12.8. The predicted octanol–water partition coefficient (Wildman–Crippen LogP) is 3.14. The van der Waals surface area contributed by atoms with Crippen molar-refractivity contribution in [3.63, 3.8) is 0 Å². The summed E-state index contributed by atoms with van der Waals surface area (Å²) in [6, 6.07) is 16.5. The Balaban J connectivity index is 1.47. The summed E-state index contributed by atoms with van der Waals surface area (Å²) in [6.07, 6.45) is 4.08. The fraction of sp³-hybridized carbons (Fsp3) is 0.286. The molecule has 2 aromatic heterocycles. The number of hydrogen-bond donors (Lipinski definition) is 0. The van der Waals surface area contributed by atoms with Crippen molar-refractivity contribution >= 4 is 11.2 Å². The van der Waals surface area contributed by atoms with Crippen molar-refractivity contribution in [2.75, 3.05) is 38.2 Å². The van der Waals surface area contributed by atoms with Gasteiger partial charge in [0.1, 0.15) is 11.8 Å². The maximum atomic E-state index is 9.58. The van der Waals surface area contributed by atoms with Crippen LogP contribution in [0.4, 0.5) is 5.69 Å². The van der Waals surface area contributed by atoms with Gasteiger partial charge in [0.2, 0.25) is 0 Å². The van der Waals surface area contributed by atoms with E-state index in [0.29, 0.717) is 0 Å². The van der Waals surface area contributed by atoms with E-state index in [1.165, 1.54) is 0 Å². The largest absolute Gasteiger partial charge is 0.495 e. The molecule has 5 heteroatoms. The molecule has 132 valence electrons. The lowest BCUT2D eigenvalue weighted by Gasteiger charge is -2.36. The van der Waals surface area contributed by atoms with Crippen LogP contribution < -0.4 is 9.64 Å². The Morgan fingerprint density at radius 2 is 1.81 bits per heavy atom. The van der Waals surface area contributed by atoms with Crippen molar-refractivity contribution in [3.05, 3.63) is 66.0 Å². The third-order valence-electron chi connectivity index (χ3n) is 5.07. The third kappa shape index (κ3) is 3.00. The monoisotopic (exact) mass is 346 g/mol. The van der Waals surface area contributed by atoms with E-state index >= 15 is 0 Å². The molecule has 0 amide bonds. The number of ether oxygens (including phenoxy) is 1. The molecule has 1 aliphatic rings. The van der Waals surface area contributed by atoms with Crippen LogP contribution in [0.3, 0.4) is 0 Å². The van der Waals surface area contributed by atoms with Gasteiger partial charge in [-0.3, -0.25) is 4.90 Å².